The second kappa shape index (κ2) is 8.21. The Kier molecular flexibility index (Phi) is 5.76. The minimum Gasteiger partial charge on any atom is -0.484 e. The first-order valence-electron chi connectivity index (χ1n) is 8.44. The summed E-state index contributed by atoms with van der Waals surface area (Å²) in [6.45, 7) is 1.80. The lowest BCUT2D eigenvalue weighted by molar-refractivity contribution is -0.123. The van der Waals surface area contributed by atoms with Crippen molar-refractivity contribution in [1.82, 2.24) is 5.32 Å². The van der Waals surface area contributed by atoms with Gasteiger partial charge in [-0.25, -0.2) is 0 Å². The first kappa shape index (κ1) is 17.5. The van der Waals surface area contributed by atoms with Gasteiger partial charge < -0.3 is 10.1 Å². The van der Waals surface area contributed by atoms with Gasteiger partial charge in [0.15, 0.2) is 12.4 Å². The van der Waals surface area contributed by atoms with Crippen molar-refractivity contribution in [3.63, 3.8) is 0 Å². The van der Waals surface area contributed by atoms with Crippen molar-refractivity contribution < 1.29 is 14.3 Å². The van der Waals surface area contributed by atoms with Crippen molar-refractivity contribution in [3.8, 4) is 5.75 Å². The first-order chi connectivity index (χ1) is 12.2. The molecule has 1 aliphatic rings. The van der Waals surface area contributed by atoms with Crippen LogP contribution in [0.2, 0.25) is 0 Å². The molecule has 2 aromatic rings. The Morgan fingerprint density at radius 2 is 1.92 bits per heavy atom. The van der Waals surface area contributed by atoms with Crippen LogP contribution >= 0.6 is 11.8 Å². The minimum absolute atomic E-state index is 0.0348. The molecule has 130 valence electrons. The number of thioether (sulfide) groups is 1. The molecule has 1 heterocycles. The maximum atomic E-state index is 12.2. The van der Waals surface area contributed by atoms with E-state index in [1.807, 2.05) is 30.8 Å². The van der Waals surface area contributed by atoms with E-state index >= 15 is 0 Å². The molecule has 5 heteroatoms. The summed E-state index contributed by atoms with van der Waals surface area (Å²) in [5.74, 6) is 1.54. The van der Waals surface area contributed by atoms with Crippen LogP contribution in [0.25, 0.3) is 0 Å². The van der Waals surface area contributed by atoms with E-state index in [4.69, 9.17) is 4.74 Å². The van der Waals surface area contributed by atoms with Crippen LogP contribution < -0.4 is 10.1 Å². The van der Waals surface area contributed by atoms with Crippen LogP contribution in [0.3, 0.4) is 0 Å². The Balaban J connectivity index is 1.54. The fraction of sp³-hybridized carbons (Fsp3) is 0.300. The number of fused-ring (bicyclic) bond motifs is 1. The molecule has 25 heavy (non-hydrogen) atoms. The molecule has 0 saturated carbocycles. The monoisotopic (exact) mass is 355 g/mol. The average Bonchev–Trinajstić information content (AvgIpc) is 2.66. The third-order valence-electron chi connectivity index (χ3n) is 4.16. The second-order valence-electron chi connectivity index (χ2n) is 5.88. The fourth-order valence-electron chi connectivity index (χ4n) is 2.82. The fourth-order valence-corrected chi connectivity index (χ4v) is 3.94. The lowest BCUT2D eigenvalue weighted by Crippen LogP contribution is -2.34. The molecule has 0 fully saturated rings. The largest absolute Gasteiger partial charge is 0.484 e. The van der Waals surface area contributed by atoms with Gasteiger partial charge in [-0.1, -0.05) is 25.1 Å². The minimum atomic E-state index is -0.139. The van der Waals surface area contributed by atoms with E-state index in [1.165, 1.54) is 10.5 Å². The maximum Gasteiger partial charge on any atom is 0.258 e. The summed E-state index contributed by atoms with van der Waals surface area (Å²) in [6, 6.07) is 15.1. The molecular formula is C20H21NO3S. The van der Waals surface area contributed by atoms with Gasteiger partial charge >= 0.3 is 0 Å². The van der Waals surface area contributed by atoms with Gasteiger partial charge in [-0.05, 0) is 42.3 Å². The van der Waals surface area contributed by atoms with E-state index in [0.717, 1.165) is 12.2 Å². The summed E-state index contributed by atoms with van der Waals surface area (Å²) in [5, 5.41) is 3.05. The second-order valence-corrected chi connectivity index (χ2v) is 7.02. The van der Waals surface area contributed by atoms with Crippen LogP contribution in [0.5, 0.6) is 5.75 Å². The van der Waals surface area contributed by atoms with Gasteiger partial charge in [-0.2, -0.15) is 0 Å². The first-order valence-corrected chi connectivity index (χ1v) is 9.43. The summed E-state index contributed by atoms with van der Waals surface area (Å²) in [6.07, 6.45) is 1.39. The SMILES string of the molecule is CCC(=O)c1ccc(OCC(=O)NC2CCSc3ccccc32)cc1. The Hall–Kier alpha value is -2.27. The van der Waals surface area contributed by atoms with Crippen LogP contribution in [-0.4, -0.2) is 24.1 Å². The van der Waals surface area contributed by atoms with Crippen molar-refractivity contribution in [1.29, 1.82) is 0 Å². The van der Waals surface area contributed by atoms with Gasteiger partial charge in [0, 0.05) is 22.6 Å². The molecule has 0 spiro atoms. The predicted molar refractivity (Wildman–Crippen MR) is 99.2 cm³/mol. The van der Waals surface area contributed by atoms with Gasteiger partial charge in [0.05, 0.1) is 6.04 Å². The Bertz CT molecular complexity index is 758. The molecular weight excluding hydrogens is 334 g/mol. The molecule has 4 nitrogen and oxygen atoms in total. The van der Waals surface area contributed by atoms with Crippen molar-refractivity contribution in [2.24, 2.45) is 0 Å². The zero-order chi connectivity index (χ0) is 17.6. The highest BCUT2D eigenvalue weighted by Gasteiger charge is 2.21. The average molecular weight is 355 g/mol. The van der Waals surface area contributed by atoms with Crippen LogP contribution in [-0.2, 0) is 4.79 Å². The van der Waals surface area contributed by atoms with Crippen molar-refractivity contribution in [2.75, 3.05) is 12.4 Å². The van der Waals surface area contributed by atoms with Crippen molar-refractivity contribution in [3.05, 3.63) is 59.7 Å². The van der Waals surface area contributed by atoms with E-state index < -0.39 is 0 Å². The molecule has 0 radical (unpaired) electrons. The molecule has 0 aliphatic carbocycles. The Morgan fingerprint density at radius 3 is 2.68 bits per heavy atom. The quantitative estimate of drug-likeness (QED) is 0.796. The smallest absolute Gasteiger partial charge is 0.258 e. The molecule has 1 N–H and O–H groups in total. The number of hydrogen-bond acceptors (Lipinski definition) is 4. The van der Waals surface area contributed by atoms with Gasteiger partial charge in [-0.15, -0.1) is 11.8 Å². The molecule has 1 unspecified atom stereocenters. The Labute approximate surface area is 152 Å². The number of rotatable bonds is 6. The zero-order valence-electron chi connectivity index (χ0n) is 14.2. The zero-order valence-corrected chi connectivity index (χ0v) is 15.0. The maximum absolute atomic E-state index is 12.2. The van der Waals surface area contributed by atoms with Gasteiger partial charge in [0.1, 0.15) is 5.75 Å². The van der Waals surface area contributed by atoms with Crippen LogP contribution in [0.4, 0.5) is 0 Å². The molecule has 1 atom stereocenters. The highest BCUT2D eigenvalue weighted by atomic mass is 32.2. The molecule has 1 amide bonds. The molecule has 0 saturated heterocycles. The highest BCUT2D eigenvalue weighted by Crippen LogP contribution is 2.35. The summed E-state index contributed by atoms with van der Waals surface area (Å²) < 4.78 is 5.54. The molecule has 3 rings (SSSR count). The number of ketones is 1. The highest BCUT2D eigenvalue weighted by molar-refractivity contribution is 7.99. The number of Topliss-reactive ketones (excluding diaryl/α,β-unsaturated/α-hetero) is 1. The third kappa shape index (κ3) is 4.42. The number of amides is 1. The lowest BCUT2D eigenvalue weighted by Gasteiger charge is -2.25. The molecule has 1 aliphatic heterocycles. The number of ether oxygens (including phenoxy) is 1. The molecule has 2 aromatic carbocycles. The predicted octanol–water partition coefficient (Wildman–Crippen LogP) is 4.01. The van der Waals surface area contributed by atoms with Gasteiger partial charge in [0.25, 0.3) is 5.91 Å². The van der Waals surface area contributed by atoms with E-state index in [0.29, 0.717) is 17.7 Å². The number of benzene rings is 2. The third-order valence-corrected chi connectivity index (χ3v) is 5.28. The van der Waals surface area contributed by atoms with Crippen LogP contribution in [0.1, 0.15) is 41.7 Å². The molecule has 0 aromatic heterocycles. The van der Waals surface area contributed by atoms with Crippen LogP contribution in [0.15, 0.2) is 53.4 Å². The van der Waals surface area contributed by atoms with E-state index in [1.54, 1.807) is 24.3 Å². The van der Waals surface area contributed by atoms with E-state index in [2.05, 4.69) is 17.4 Å². The number of hydrogen-bond donors (Lipinski definition) is 1. The van der Waals surface area contributed by atoms with E-state index in [9.17, 15) is 9.59 Å². The lowest BCUT2D eigenvalue weighted by atomic mass is 10.0. The van der Waals surface area contributed by atoms with Crippen molar-refractivity contribution in [2.45, 2.75) is 30.7 Å². The topological polar surface area (TPSA) is 55.4 Å². The summed E-state index contributed by atoms with van der Waals surface area (Å²) in [4.78, 5) is 25.1. The van der Waals surface area contributed by atoms with Gasteiger partial charge in [0.2, 0.25) is 0 Å². The van der Waals surface area contributed by atoms with Gasteiger partial charge in [-0.3, -0.25) is 9.59 Å². The number of carbonyl (C=O) groups excluding carboxylic acids is 2. The summed E-state index contributed by atoms with van der Waals surface area (Å²) in [7, 11) is 0. The summed E-state index contributed by atoms with van der Waals surface area (Å²) >= 11 is 1.83. The number of carbonyl (C=O) groups is 2. The van der Waals surface area contributed by atoms with Crippen molar-refractivity contribution >= 4 is 23.5 Å². The van der Waals surface area contributed by atoms with Crippen LogP contribution in [0, 0.1) is 0 Å². The normalized spacial score (nSPS) is 16.0. The number of nitrogens with one attached hydrogen (secondary N) is 1. The standard InChI is InChI=1S/C20H21NO3S/c1-2-18(22)14-7-9-15(10-8-14)24-13-20(23)21-17-11-12-25-19-6-4-3-5-16(17)19/h3-10,17H,2,11-13H2,1H3,(H,21,23). The van der Waals surface area contributed by atoms with E-state index in [-0.39, 0.29) is 24.3 Å². The summed E-state index contributed by atoms with van der Waals surface area (Å²) in [5.41, 5.74) is 1.84. The Morgan fingerprint density at radius 1 is 1.16 bits per heavy atom. The molecule has 0 bridgehead atoms.